The molecule has 0 saturated heterocycles. The Labute approximate surface area is 115 Å². The highest BCUT2D eigenvalue weighted by Crippen LogP contribution is 2.29. The number of nitriles is 1. The molecular formula is C15H10N4O. The zero-order valence-corrected chi connectivity index (χ0v) is 10.4. The van der Waals surface area contributed by atoms with Gasteiger partial charge in [0.2, 0.25) is 5.88 Å². The van der Waals surface area contributed by atoms with Crippen LogP contribution in [-0.4, -0.2) is 9.97 Å². The first kappa shape index (κ1) is 11.9. The fourth-order valence-corrected chi connectivity index (χ4v) is 1.89. The van der Waals surface area contributed by atoms with Crippen molar-refractivity contribution < 1.29 is 4.74 Å². The van der Waals surface area contributed by atoms with E-state index in [2.05, 4.69) is 16.0 Å². The summed E-state index contributed by atoms with van der Waals surface area (Å²) in [4.78, 5) is 8.29. The topological polar surface area (TPSA) is 84.8 Å². The first-order valence-corrected chi connectivity index (χ1v) is 5.95. The van der Waals surface area contributed by atoms with Gasteiger partial charge >= 0.3 is 0 Å². The monoisotopic (exact) mass is 262 g/mol. The van der Waals surface area contributed by atoms with Crippen LogP contribution in [-0.2, 0) is 0 Å². The normalized spacial score (nSPS) is 10.2. The van der Waals surface area contributed by atoms with Gasteiger partial charge in [0.1, 0.15) is 18.1 Å². The number of hydrogen-bond acceptors (Lipinski definition) is 5. The number of anilines is 1. The van der Waals surface area contributed by atoms with Gasteiger partial charge in [-0.1, -0.05) is 12.1 Å². The van der Waals surface area contributed by atoms with Crippen LogP contribution in [0.5, 0.6) is 11.6 Å². The van der Waals surface area contributed by atoms with Crippen LogP contribution in [0.25, 0.3) is 10.9 Å². The fourth-order valence-electron chi connectivity index (χ4n) is 1.89. The number of rotatable bonds is 2. The van der Waals surface area contributed by atoms with Crippen LogP contribution in [0, 0.1) is 11.3 Å². The van der Waals surface area contributed by atoms with Crippen molar-refractivity contribution in [2.45, 2.75) is 0 Å². The number of ether oxygens (including phenoxy) is 1. The maximum absolute atomic E-state index is 9.12. The number of para-hydroxylation sites is 1. The zero-order valence-electron chi connectivity index (χ0n) is 10.4. The van der Waals surface area contributed by atoms with Crippen LogP contribution < -0.4 is 10.5 Å². The summed E-state index contributed by atoms with van der Waals surface area (Å²) < 4.78 is 5.74. The molecule has 1 heterocycles. The summed E-state index contributed by atoms with van der Waals surface area (Å²) in [6, 6.07) is 14.5. The molecule has 1 aromatic heterocycles. The van der Waals surface area contributed by atoms with Crippen molar-refractivity contribution in [2.24, 2.45) is 0 Å². The minimum atomic E-state index is 0.368. The fraction of sp³-hybridized carbons (Fsp3) is 0. The minimum Gasteiger partial charge on any atom is -0.437 e. The Morgan fingerprint density at radius 3 is 2.80 bits per heavy atom. The standard InChI is InChI=1S/C15H10N4O/c16-8-10-7-11(17)5-6-14(10)20-15-12-3-1-2-4-13(12)18-9-19-15/h1-7,9H,17H2. The lowest BCUT2D eigenvalue weighted by Gasteiger charge is -2.08. The lowest BCUT2D eigenvalue weighted by atomic mass is 10.2. The van der Waals surface area contributed by atoms with E-state index in [0.29, 0.717) is 22.9 Å². The molecular weight excluding hydrogens is 252 g/mol. The van der Waals surface area contributed by atoms with Gasteiger partial charge in [-0.15, -0.1) is 0 Å². The third kappa shape index (κ3) is 2.10. The summed E-state index contributed by atoms with van der Waals surface area (Å²) in [6.45, 7) is 0. The Kier molecular flexibility index (Phi) is 2.90. The van der Waals surface area contributed by atoms with Crippen LogP contribution in [0.4, 0.5) is 5.69 Å². The molecule has 0 fully saturated rings. The molecule has 2 aromatic carbocycles. The van der Waals surface area contributed by atoms with Crippen molar-refractivity contribution >= 4 is 16.6 Å². The van der Waals surface area contributed by atoms with E-state index in [0.717, 1.165) is 10.9 Å². The van der Waals surface area contributed by atoms with Gasteiger partial charge in [-0.2, -0.15) is 5.26 Å². The molecule has 2 N–H and O–H groups in total. The maximum Gasteiger partial charge on any atom is 0.230 e. The number of nitrogens with zero attached hydrogens (tertiary/aromatic N) is 3. The van der Waals surface area contributed by atoms with E-state index in [1.807, 2.05) is 24.3 Å². The third-order valence-corrected chi connectivity index (χ3v) is 2.84. The molecule has 0 saturated carbocycles. The molecule has 0 aliphatic rings. The number of fused-ring (bicyclic) bond motifs is 1. The number of benzene rings is 2. The van der Waals surface area contributed by atoms with Crippen molar-refractivity contribution in [3.05, 3.63) is 54.4 Å². The van der Waals surface area contributed by atoms with E-state index in [9.17, 15) is 0 Å². The Hall–Kier alpha value is -3.13. The van der Waals surface area contributed by atoms with Gasteiger partial charge in [-0.3, -0.25) is 0 Å². The molecule has 0 radical (unpaired) electrons. The van der Waals surface area contributed by atoms with Gasteiger partial charge < -0.3 is 10.5 Å². The van der Waals surface area contributed by atoms with Gasteiger partial charge in [0.15, 0.2) is 0 Å². The summed E-state index contributed by atoms with van der Waals surface area (Å²) >= 11 is 0. The minimum absolute atomic E-state index is 0.368. The van der Waals surface area contributed by atoms with Crippen molar-refractivity contribution in [1.29, 1.82) is 5.26 Å². The van der Waals surface area contributed by atoms with Crippen LogP contribution in [0.1, 0.15) is 5.56 Å². The lowest BCUT2D eigenvalue weighted by Crippen LogP contribution is -1.94. The molecule has 0 spiro atoms. The Bertz CT molecular complexity index is 818. The SMILES string of the molecule is N#Cc1cc(N)ccc1Oc1ncnc2ccccc12. The lowest BCUT2D eigenvalue weighted by molar-refractivity contribution is 0.467. The summed E-state index contributed by atoms with van der Waals surface area (Å²) in [7, 11) is 0. The van der Waals surface area contributed by atoms with Gasteiger partial charge in [0.05, 0.1) is 16.5 Å². The van der Waals surface area contributed by atoms with Gasteiger partial charge in [0, 0.05) is 5.69 Å². The van der Waals surface area contributed by atoms with Crippen molar-refractivity contribution in [3.63, 3.8) is 0 Å². The first-order chi connectivity index (χ1) is 9.78. The smallest absolute Gasteiger partial charge is 0.230 e. The van der Waals surface area contributed by atoms with Crippen molar-refractivity contribution in [1.82, 2.24) is 9.97 Å². The molecule has 0 aliphatic heterocycles. The highest BCUT2D eigenvalue weighted by atomic mass is 16.5. The Morgan fingerprint density at radius 2 is 1.95 bits per heavy atom. The Morgan fingerprint density at radius 1 is 1.10 bits per heavy atom. The summed E-state index contributed by atoms with van der Waals surface area (Å²) in [5.74, 6) is 0.836. The van der Waals surface area contributed by atoms with Gasteiger partial charge in [-0.25, -0.2) is 9.97 Å². The average Bonchev–Trinajstić information content (AvgIpc) is 2.49. The van der Waals surface area contributed by atoms with E-state index < -0.39 is 0 Å². The van der Waals surface area contributed by atoms with Crippen molar-refractivity contribution in [3.8, 4) is 17.7 Å². The number of nitrogens with two attached hydrogens (primary N) is 1. The number of aromatic nitrogens is 2. The van der Waals surface area contributed by atoms with Crippen LogP contribution in [0.2, 0.25) is 0 Å². The highest BCUT2D eigenvalue weighted by molar-refractivity contribution is 5.83. The molecule has 0 atom stereocenters. The molecule has 5 nitrogen and oxygen atoms in total. The summed E-state index contributed by atoms with van der Waals surface area (Å²) in [5, 5.41) is 9.90. The molecule has 96 valence electrons. The predicted molar refractivity (Wildman–Crippen MR) is 75.2 cm³/mol. The van der Waals surface area contributed by atoms with Crippen LogP contribution >= 0.6 is 0 Å². The molecule has 0 bridgehead atoms. The van der Waals surface area contributed by atoms with Gasteiger partial charge in [0.25, 0.3) is 0 Å². The quantitative estimate of drug-likeness (QED) is 0.718. The molecule has 0 unspecified atom stereocenters. The molecule has 5 heteroatoms. The van der Waals surface area contributed by atoms with Crippen LogP contribution in [0.15, 0.2) is 48.8 Å². The maximum atomic E-state index is 9.12. The zero-order chi connectivity index (χ0) is 13.9. The largest absolute Gasteiger partial charge is 0.437 e. The average molecular weight is 262 g/mol. The van der Waals surface area contributed by atoms with E-state index in [1.165, 1.54) is 6.33 Å². The van der Waals surface area contributed by atoms with Crippen molar-refractivity contribution in [2.75, 3.05) is 5.73 Å². The molecule has 20 heavy (non-hydrogen) atoms. The molecule has 3 rings (SSSR count). The van der Waals surface area contributed by atoms with E-state index in [-0.39, 0.29) is 0 Å². The number of nitrogen functional groups attached to an aromatic ring is 1. The van der Waals surface area contributed by atoms with E-state index >= 15 is 0 Å². The molecule has 3 aromatic rings. The Balaban J connectivity index is 2.08. The first-order valence-electron chi connectivity index (χ1n) is 5.95. The molecule has 0 amide bonds. The predicted octanol–water partition coefficient (Wildman–Crippen LogP) is 2.88. The number of hydrogen-bond donors (Lipinski definition) is 1. The van der Waals surface area contributed by atoms with Gasteiger partial charge in [-0.05, 0) is 30.3 Å². The summed E-state index contributed by atoms with van der Waals surface area (Å²) in [6.07, 6.45) is 1.43. The van der Waals surface area contributed by atoms with E-state index in [1.54, 1.807) is 18.2 Å². The highest BCUT2D eigenvalue weighted by Gasteiger charge is 2.09. The second-order valence-corrected chi connectivity index (χ2v) is 4.17. The second kappa shape index (κ2) is 4.86. The third-order valence-electron chi connectivity index (χ3n) is 2.84. The molecule has 0 aliphatic carbocycles. The van der Waals surface area contributed by atoms with E-state index in [4.69, 9.17) is 15.7 Å². The second-order valence-electron chi connectivity index (χ2n) is 4.17. The van der Waals surface area contributed by atoms with Crippen LogP contribution in [0.3, 0.4) is 0 Å². The summed E-state index contributed by atoms with van der Waals surface area (Å²) in [5.41, 5.74) is 7.32.